The molecule has 0 spiro atoms. The van der Waals surface area contributed by atoms with Crippen LogP contribution in [0.3, 0.4) is 0 Å². The summed E-state index contributed by atoms with van der Waals surface area (Å²) in [6, 6.07) is 5.79. The van der Waals surface area contributed by atoms with E-state index < -0.39 is 0 Å². The van der Waals surface area contributed by atoms with Gasteiger partial charge in [-0.1, -0.05) is 15.9 Å². The highest BCUT2D eigenvalue weighted by Crippen LogP contribution is 2.36. The highest BCUT2D eigenvalue weighted by atomic mass is 79.9. The van der Waals surface area contributed by atoms with Gasteiger partial charge in [0.1, 0.15) is 12.2 Å². The zero-order chi connectivity index (χ0) is 9.47. The highest BCUT2D eigenvalue weighted by Gasteiger charge is 2.27. The molecule has 1 heterocycles. The highest BCUT2D eigenvalue weighted by molar-refractivity contribution is 9.10. The summed E-state index contributed by atoms with van der Waals surface area (Å²) in [4.78, 5) is 0. The topological polar surface area (TPSA) is 18.5 Å². The molecule has 0 N–H and O–H groups in total. The second-order valence-electron chi connectivity index (χ2n) is 3.74. The maximum atomic E-state index is 5.73. The van der Waals surface area contributed by atoms with Gasteiger partial charge in [0.15, 0.2) is 11.5 Å². The zero-order valence-electron chi connectivity index (χ0n) is 7.63. The van der Waals surface area contributed by atoms with Gasteiger partial charge in [-0.25, -0.2) is 0 Å². The summed E-state index contributed by atoms with van der Waals surface area (Å²) in [5.74, 6) is 1.63. The molecule has 2 nitrogen and oxygen atoms in total. The summed E-state index contributed by atoms with van der Waals surface area (Å²) in [5, 5.41) is 0. The first-order valence-corrected chi connectivity index (χ1v) is 4.97. The van der Waals surface area contributed by atoms with E-state index in [0.29, 0.717) is 6.61 Å². The van der Waals surface area contributed by atoms with E-state index in [1.807, 2.05) is 32.0 Å². The fourth-order valence-corrected chi connectivity index (χ4v) is 1.60. The largest absolute Gasteiger partial charge is 0.486 e. The summed E-state index contributed by atoms with van der Waals surface area (Å²) < 4.78 is 12.3. The Hall–Kier alpha value is -0.700. The monoisotopic (exact) mass is 242 g/mol. The number of benzene rings is 1. The van der Waals surface area contributed by atoms with E-state index in [4.69, 9.17) is 9.47 Å². The molecule has 0 aromatic heterocycles. The van der Waals surface area contributed by atoms with E-state index in [0.717, 1.165) is 16.0 Å². The van der Waals surface area contributed by atoms with Crippen molar-refractivity contribution in [1.29, 1.82) is 0 Å². The molecule has 0 atom stereocenters. The molecule has 0 amide bonds. The zero-order valence-corrected chi connectivity index (χ0v) is 9.22. The fraction of sp³-hybridized carbons (Fsp3) is 0.400. The van der Waals surface area contributed by atoms with Crippen LogP contribution in [0.5, 0.6) is 11.5 Å². The van der Waals surface area contributed by atoms with E-state index in [1.165, 1.54) is 0 Å². The Morgan fingerprint density at radius 2 is 2.08 bits per heavy atom. The van der Waals surface area contributed by atoms with Gasteiger partial charge < -0.3 is 9.47 Å². The number of fused-ring (bicyclic) bond motifs is 1. The van der Waals surface area contributed by atoms with Crippen LogP contribution in [0.2, 0.25) is 0 Å². The molecule has 2 rings (SSSR count). The number of hydrogen-bond acceptors (Lipinski definition) is 2. The van der Waals surface area contributed by atoms with Gasteiger partial charge in [0.05, 0.1) is 0 Å². The maximum absolute atomic E-state index is 5.73. The second-order valence-corrected chi connectivity index (χ2v) is 4.66. The van der Waals surface area contributed by atoms with Gasteiger partial charge >= 0.3 is 0 Å². The number of rotatable bonds is 0. The van der Waals surface area contributed by atoms with E-state index in [2.05, 4.69) is 15.9 Å². The quantitative estimate of drug-likeness (QED) is 0.697. The third-order valence-electron chi connectivity index (χ3n) is 1.87. The smallest absolute Gasteiger partial charge is 0.162 e. The van der Waals surface area contributed by atoms with Gasteiger partial charge in [-0.05, 0) is 32.0 Å². The molecule has 1 aromatic rings. The molecule has 1 aliphatic rings. The first kappa shape index (κ1) is 8.88. The number of hydrogen-bond donors (Lipinski definition) is 0. The SMILES string of the molecule is CC1(C)COc2cc(Br)ccc2O1. The van der Waals surface area contributed by atoms with Crippen molar-refractivity contribution in [2.24, 2.45) is 0 Å². The fourth-order valence-electron chi connectivity index (χ4n) is 1.26. The van der Waals surface area contributed by atoms with Crippen LogP contribution in [0, 0.1) is 0 Å². The van der Waals surface area contributed by atoms with Crippen molar-refractivity contribution in [1.82, 2.24) is 0 Å². The molecule has 13 heavy (non-hydrogen) atoms. The average molecular weight is 243 g/mol. The van der Waals surface area contributed by atoms with E-state index in [9.17, 15) is 0 Å². The minimum Gasteiger partial charge on any atom is -0.486 e. The summed E-state index contributed by atoms with van der Waals surface area (Å²) in [6.07, 6.45) is 0. The predicted molar refractivity (Wildman–Crippen MR) is 54.3 cm³/mol. The molecule has 0 fully saturated rings. The first-order chi connectivity index (χ1) is 6.07. The molecule has 0 saturated carbocycles. The summed E-state index contributed by atoms with van der Waals surface area (Å²) in [7, 11) is 0. The number of halogens is 1. The standard InChI is InChI=1S/C10H11BrO2/c1-10(2)6-12-9-5-7(11)3-4-8(9)13-10/h3-5H,6H2,1-2H3. The Morgan fingerprint density at radius 1 is 1.31 bits per heavy atom. The predicted octanol–water partition coefficient (Wildman–Crippen LogP) is 3.00. The van der Waals surface area contributed by atoms with Gasteiger partial charge in [-0.15, -0.1) is 0 Å². The summed E-state index contributed by atoms with van der Waals surface area (Å²) in [6.45, 7) is 4.62. The van der Waals surface area contributed by atoms with Crippen molar-refractivity contribution in [2.45, 2.75) is 19.4 Å². The first-order valence-electron chi connectivity index (χ1n) is 4.18. The van der Waals surface area contributed by atoms with Gasteiger partial charge in [0, 0.05) is 4.47 Å². The maximum Gasteiger partial charge on any atom is 0.162 e. The second kappa shape index (κ2) is 2.91. The Balaban J connectivity index is 2.37. The normalized spacial score (nSPS) is 18.4. The Morgan fingerprint density at radius 3 is 2.85 bits per heavy atom. The third kappa shape index (κ3) is 1.80. The van der Waals surface area contributed by atoms with Crippen LogP contribution in [-0.2, 0) is 0 Å². The van der Waals surface area contributed by atoms with Crippen molar-refractivity contribution < 1.29 is 9.47 Å². The van der Waals surface area contributed by atoms with Crippen LogP contribution in [-0.4, -0.2) is 12.2 Å². The lowest BCUT2D eigenvalue weighted by Gasteiger charge is -2.32. The molecular weight excluding hydrogens is 232 g/mol. The van der Waals surface area contributed by atoms with Crippen molar-refractivity contribution >= 4 is 15.9 Å². The van der Waals surface area contributed by atoms with Crippen molar-refractivity contribution in [3.63, 3.8) is 0 Å². The molecule has 1 aromatic carbocycles. The minimum absolute atomic E-state index is 0.221. The van der Waals surface area contributed by atoms with Crippen LogP contribution >= 0.6 is 15.9 Å². The van der Waals surface area contributed by atoms with Gasteiger partial charge in [0.25, 0.3) is 0 Å². The lowest BCUT2D eigenvalue weighted by Crippen LogP contribution is -2.38. The van der Waals surface area contributed by atoms with Crippen molar-refractivity contribution in [3.05, 3.63) is 22.7 Å². The van der Waals surface area contributed by atoms with Gasteiger partial charge in [0.2, 0.25) is 0 Å². The molecule has 0 bridgehead atoms. The van der Waals surface area contributed by atoms with E-state index >= 15 is 0 Å². The number of ether oxygens (including phenoxy) is 2. The van der Waals surface area contributed by atoms with Crippen LogP contribution in [0.4, 0.5) is 0 Å². The molecule has 0 saturated heterocycles. The van der Waals surface area contributed by atoms with Crippen LogP contribution in [0.15, 0.2) is 22.7 Å². The summed E-state index contributed by atoms with van der Waals surface area (Å²) >= 11 is 3.38. The lowest BCUT2D eigenvalue weighted by molar-refractivity contribution is 0.0212. The van der Waals surface area contributed by atoms with Crippen molar-refractivity contribution in [3.8, 4) is 11.5 Å². The lowest BCUT2D eigenvalue weighted by atomic mass is 10.1. The van der Waals surface area contributed by atoms with Crippen LogP contribution < -0.4 is 9.47 Å². The van der Waals surface area contributed by atoms with Gasteiger partial charge in [-0.3, -0.25) is 0 Å². The van der Waals surface area contributed by atoms with Gasteiger partial charge in [-0.2, -0.15) is 0 Å². The average Bonchev–Trinajstić information content (AvgIpc) is 2.05. The minimum atomic E-state index is -0.221. The Labute approximate surface area is 86.0 Å². The summed E-state index contributed by atoms with van der Waals surface area (Å²) in [5.41, 5.74) is -0.221. The molecule has 0 unspecified atom stereocenters. The molecule has 70 valence electrons. The Kier molecular flexibility index (Phi) is 1.99. The Bertz CT molecular complexity index is 334. The molecule has 1 aliphatic heterocycles. The molecule has 0 aliphatic carbocycles. The molecule has 0 radical (unpaired) electrons. The molecule has 3 heteroatoms. The van der Waals surface area contributed by atoms with Crippen LogP contribution in [0.1, 0.15) is 13.8 Å². The third-order valence-corrected chi connectivity index (χ3v) is 2.36. The van der Waals surface area contributed by atoms with E-state index in [1.54, 1.807) is 0 Å². The molecular formula is C10H11BrO2. The van der Waals surface area contributed by atoms with Crippen LogP contribution in [0.25, 0.3) is 0 Å². The van der Waals surface area contributed by atoms with E-state index in [-0.39, 0.29) is 5.60 Å². The van der Waals surface area contributed by atoms with Crippen molar-refractivity contribution in [2.75, 3.05) is 6.61 Å².